The van der Waals surface area contributed by atoms with Crippen molar-refractivity contribution in [3.8, 4) is 5.75 Å². The summed E-state index contributed by atoms with van der Waals surface area (Å²) >= 11 is 0. The topological polar surface area (TPSA) is 29.5 Å². The second-order valence-electron chi connectivity index (χ2n) is 7.48. The predicted molar refractivity (Wildman–Crippen MR) is 95.5 cm³/mol. The summed E-state index contributed by atoms with van der Waals surface area (Å²) in [6.07, 6.45) is 2.53. The molecule has 1 aromatic carbocycles. The first-order valence-corrected chi connectivity index (χ1v) is 8.93. The van der Waals surface area contributed by atoms with Gasteiger partial charge in [-0.1, -0.05) is 26.8 Å². The van der Waals surface area contributed by atoms with E-state index in [-0.39, 0.29) is 11.9 Å². The Morgan fingerprint density at radius 3 is 2.65 bits per heavy atom. The number of rotatable bonds is 6. The van der Waals surface area contributed by atoms with Gasteiger partial charge in [0.1, 0.15) is 5.75 Å². The van der Waals surface area contributed by atoms with Gasteiger partial charge in [0.15, 0.2) is 5.78 Å². The number of ketones is 1. The van der Waals surface area contributed by atoms with Gasteiger partial charge in [-0.25, -0.2) is 0 Å². The first-order chi connectivity index (χ1) is 10.9. The lowest BCUT2D eigenvalue weighted by Gasteiger charge is -2.30. The fourth-order valence-electron chi connectivity index (χ4n) is 3.20. The first-order valence-electron chi connectivity index (χ1n) is 8.93. The van der Waals surface area contributed by atoms with Gasteiger partial charge in [-0.15, -0.1) is 0 Å². The molecule has 0 bridgehead atoms. The summed E-state index contributed by atoms with van der Waals surface area (Å²) in [5.74, 6) is 1.99. The molecule has 1 atom stereocenters. The smallest absolute Gasteiger partial charge is 0.180 e. The van der Waals surface area contributed by atoms with Crippen LogP contribution in [0.25, 0.3) is 0 Å². The molecule has 1 aromatic rings. The average molecular weight is 317 g/mol. The Morgan fingerprint density at radius 2 is 2.04 bits per heavy atom. The number of benzene rings is 1. The third-order valence-corrected chi connectivity index (χ3v) is 4.44. The monoisotopic (exact) mass is 317 g/mol. The van der Waals surface area contributed by atoms with E-state index in [2.05, 4.69) is 31.7 Å². The van der Waals surface area contributed by atoms with Crippen LogP contribution in [-0.4, -0.2) is 36.4 Å². The van der Waals surface area contributed by atoms with Gasteiger partial charge in [0.25, 0.3) is 0 Å². The van der Waals surface area contributed by atoms with Crippen LogP contribution >= 0.6 is 0 Å². The van der Waals surface area contributed by atoms with Crippen molar-refractivity contribution in [3.63, 3.8) is 0 Å². The highest BCUT2D eigenvalue weighted by molar-refractivity contribution is 6.00. The fourth-order valence-corrected chi connectivity index (χ4v) is 3.20. The van der Waals surface area contributed by atoms with Gasteiger partial charge < -0.3 is 4.74 Å². The van der Waals surface area contributed by atoms with Crippen LogP contribution in [0.1, 0.15) is 69.3 Å². The molecule has 3 heteroatoms. The maximum atomic E-state index is 12.9. The van der Waals surface area contributed by atoms with Gasteiger partial charge in [0.05, 0.1) is 18.2 Å². The molecule has 128 valence electrons. The molecular formula is C20H31NO2. The number of hydrogen-bond donors (Lipinski definition) is 0. The summed E-state index contributed by atoms with van der Waals surface area (Å²) in [6.45, 7) is 13.1. The Labute approximate surface area is 141 Å². The standard InChI is InChI=1S/C20H31NO2/c1-14(2)17-8-9-20(23-15(3)4)18(11-17)19(22)13-21-10-6-7-16(5)12-21/h8-9,11,14-16H,6-7,10,12-13H2,1-5H3. The Balaban J connectivity index is 2.19. The number of Topliss-reactive ketones (excluding diaryl/α,β-unsaturated/α-hetero) is 1. The van der Waals surface area contributed by atoms with Gasteiger partial charge in [-0.3, -0.25) is 9.69 Å². The van der Waals surface area contributed by atoms with Crippen LogP contribution in [0.4, 0.5) is 0 Å². The minimum Gasteiger partial charge on any atom is -0.490 e. The van der Waals surface area contributed by atoms with E-state index in [1.165, 1.54) is 18.4 Å². The summed E-state index contributed by atoms with van der Waals surface area (Å²) < 4.78 is 5.87. The fraction of sp³-hybridized carbons (Fsp3) is 0.650. The molecule has 0 amide bonds. The van der Waals surface area contributed by atoms with Crippen LogP contribution in [0.2, 0.25) is 0 Å². The van der Waals surface area contributed by atoms with Gasteiger partial charge in [0, 0.05) is 6.54 Å². The number of nitrogens with zero attached hydrogens (tertiary/aromatic N) is 1. The van der Waals surface area contributed by atoms with E-state index in [0.717, 1.165) is 24.4 Å². The van der Waals surface area contributed by atoms with E-state index in [4.69, 9.17) is 4.74 Å². The van der Waals surface area contributed by atoms with Crippen LogP contribution in [0, 0.1) is 5.92 Å². The van der Waals surface area contributed by atoms with Crippen molar-refractivity contribution in [1.82, 2.24) is 4.90 Å². The number of likely N-dealkylation sites (tertiary alicyclic amines) is 1. The molecule has 0 radical (unpaired) electrons. The Morgan fingerprint density at radius 1 is 1.30 bits per heavy atom. The molecule has 1 heterocycles. The maximum absolute atomic E-state index is 12.9. The molecule has 1 aliphatic heterocycles. The lowest BCUT2D eigenvalue weighted by Crippen LogP contribution is -2.38. The maximum Gasteiger partial charge on any atom is 0.180 e. The molecule has 3 nitrogen and oxygen atoms in total. The lowest BCUT2D eigenvalue weighted by molar-refractivity contribution is 0.0887. The van der Waals surface area contributed by atoms with Crippen molar-refractivity contribution in [3.05, 3.63) is 29.3 Å². The van der Waals surface area contributed by atoms with Crippen molar-refractivity contribution in [2.75, 3.05) is 19.6 Å². The third kappa shape index (κ3) is 5.07. The highest BCUT2D eigenvalue weighted by Crippen LogP contribution is 2.26. The molecule has 1 unspecified atom stereocenters. The zero-order valence-electron chi connectivity index (χ0n) is 15.3. The molecular weight excluding hydrogens is 286 g/mol. The summed E-state index contributed by atoms with van der Waals surface area (Å²) in [6, 6.07) is 6.06. The number of piperidine rings is 1. The Hall–Kier alpha value is -1.35. The van der Waals surface area contributed by atoms with Crippen molar-refractivity contribution in [2.45, 2.75) is 59.5 Å². The molecule has 0 aromatic heterocycles. The van der Waals surface area contributed by atoms with Gasteiger partial charge in [-0.2, -0.15) is 0 Å². The zero-order valence-corrected chi connectivity index (χ0v) is 15.3. The third-order valence-electron chi connectivity index (χ3n) is 4.44. The van der Waals surface area contributed by atoms with Crippen molar-refractivity contribution in [2.24, 2.45) is 5.92 Å². The van der Waals surface area contributed by atoms with Gasteiger partial charge >= 0.3 is 0 Å². The van der Waals surface area contributed by atoms with Crippen LogP contribution in [0.15, 0.2) is 18.2 Å². The van der Waals surface area contributed by atoms with Crippen LogP contribution < -0.4 is 4.74 Å². The molecule has 0 saturated carbocycles. The van der Waals surface area contributed by atoms with Crippen LogP contribution in [0.5, 0.6) is 5.75 Å². The molecule has 0 spiro atoms. The molecule has 2 rings (SSSR count). The second kappa shape index (κ2) is 7.96. The Bertz CT molecular complexity index is 536. The number of carbonyl (C=O) groups is 1. The van der Waals surface area contributed by atoms with Gasteiger partial charge in [0.2, 0.25) is 0 Å². The number of hydrogen-bond acceptors (Lipinski definition) is 3. The summed E-state index contributed by atoms with van der Waals surface area (Å²) in [5.41, 5.74) is 1.93. The predicted octanol–water partition coefficient (Wildman–Crippen LogP) is 4.51. The lowest BCUT2D eigenvalue weighted by atomic mass is 9.97. The van der Waals surface area contributed by atoms with E-state index in [1.807, 2.05) is 26.0 Å². The minimum atomic E-state index is 0.0708. The van der Waals surface area contributed by atoms with Gasteiger partial charge in [-0.05, 0) is 62.8 Å². The van der Waals surface area contributed by atoms with Crippen LogP contribution in [0.3, 0.4) is 0 Å². The molecule has 0 aliphatic carbocycles. The SMILES string of the molecule is CC1CCCN(CC(=O)c2cc(C(C)C)ccc2OC(C)C)C1. The van der Waals surface area contributed by atoms with E-state index in [1.54, 1.807) is 0 Å². The normalized spacial score (nSPS) is 19.3. The van der Waals surface area contributed by atoms with Crippen LogP contribution in [-0.2, 0) is 0 Å². The highest BCUT2D eigenvalue weighted by atomic mass is 16.5. The van der Waals surface area contributed by atoms with E-state index >= 15 is 0 Å². The summed E-state index contributed by atoms with van der Waals surface area (Å²) in [7, 11) is 0. The van der Waals surface area contributed by atoms with Crippen molar-refractivity contribution in [1.29, 1.82) is 0 Å². The van der Waals surface area contributed by atoms with Crippen molar-refractivity contribution < 1.29 is 9.53 Å². The highest BCUT2D eigenvalue weighted by Gasteiger charge is 2.22. The summed E-state index contributed by atoms with van der Waals surface area (Å²) in [4.78, 5) is 15.2. The van der Waals surface area contributed by atoms with E-state index in [0.29, 0.717) is 18.4 Å². The zero-order chi connectivity index (χ0) is 17.0. The first kappa shape index (κ1) is 18.0. The summed E-state index contributed by atoms with van der Waals surface area (Å²) in [5, 5.41) is 0. The van der Waals surface area contributed by atoms with Crippen molar-refractivity contribution >= 4 is 5.78 Å². The molecule has 1 saturated heterocycles. The molecule has 0 N–H and O–H groups in total. The molecule has 23 heavy (non-hydrogen) atoms. The second-order valence-corrected chi connectivity index (χ2v) is 7.48. The number of carbonyl (C=O) groups excluding carboxylic acids is 1. The number of ether oxygens (including phenoxy) is 1. The molecule has 1 fully saturated rings. The average Bonchev–Trinajstić information content (AvgIpc) is 2.46. The van der Waals surface area contributed by atoms with E-state index < -0.39 is 0 Å². The van der Waals surface area contributed by atoms with E-state index in [9.17, 15) is 4.79 Å². The minimum absolute atomic E-state index is 0.0708. The molecule has 1 aliphatic rings. The largest absolute Gasteiger partial charge is 0.490 e. The quantitative estimate of drug-likeness (QED) is 0.723. The Kier molecular flexibility index (Phi) is 6.23.